The lowest BCUT2D eigenvalue weighted by Gasteiger charge is -2.30. The van der Waals surface area contributed by atoms with Crippen molar-refractivity contribution in [2.24, 2.45) is 0 Å². The van der Waals surface area contributed by atoms with Gasteiger partial charge in [0, 0.05) is 32.4 Å². The molecule has 1 fully saturated rings. The molecule has 2 aromatic rings. The minimum absolute atomic E-state index is 0.183. The smallest absolute Gasteiger partial charge is 0.260 e. The van der Waals surface area contributed by atoms with Gasteiger partial charge in [-0.1, -0.05) is 0 Å². The lowest BCUT2D eigenvalue weighted by molar-refractivity contribution is -0.132. The van der Waals surface area contributed by atoms with Gasteiger partial charge in [0.15, 0.2) is 6.61 Å². The molecule has 1 aliphatic heterocycles. The minimum Gasteiger partial charge on any atom is -0.484 e. The highest BCUT2D eigenvalue weighted by atomic mass is 19.1. The van der Waals surface area contributed by atoms with E-state index in [4.69, 9.17) is 9.47 Å². The number of carbonyl (C=O) groups excluding carboxylic acids is 2. The summed E-state index contributed by atoms with van der Waals surface area (Å²) in [6.07, 6.45) is 1.09. The summed E-state index contributed by atoms with van der Waals surface area (Å²) < 4.78 is 36.7. The summed E-state index contributed by atoms with van der Waals surface area (Å²) in [6.45, 7) is 1.00. The summed E-state index contributed by atoms with van der Waals surface area (Å²) >= 11 is 0. The van der Waals surface area contributed by atoms with Crippen LogP contribution in [0.25, 0.3) is 0 Å². The van der Waals surface area contributed by atoms with E-state index >= 15 is 0 Å². The van der Waals surface area contributed by atoms with E-state index in [0.29, 0.717) is 43.9 Å². The van der Waals surface area contributed by atoms with Gasteiger partial charge in [-0.2, -0.15) is 0 Å². The van der Waals surface area contributed by atoms with Gasteiger partial charge in [-0.25, -0.2) is 8.78 Å². The van der Waals surface area contributed by atoms with Crippen LogP contribution in [0.1, 0.15) is 23.2 Å². The number of hydrogen-bond acceptors (Lipinski definition) is 4. The fourth-order valence-corrected chi connectivity index (χ4v) is 3.43. The molecule has 0 aliphatic carbocycles. The van der Waals surface area contributed by atoms with Gasteiger partial charge in [0.1, 0.15) is 17.4 Å². The number of rotatable bonds is 8. The zero-order valence-corrected chi connectivity index (χ0v) is 16.7. The molecule has 1 saturated heterocycles. The van der Waals surface area contributed by atoms with Crippen molar-refractivity contribution >= 4 is 11.8 Å². The molecule has 6 nitrogen and oxygen atoms in total. The van der Waals surface area contributed by atoms with Crippen LogP contribution in [0.15, 0.2) is 48.5 Å². The van der Waals surface area contributed by atoms with Crippen LogP contribution in [0.4, 0.5) is 8.78 Å². The van der Waals surface area contributed by atoms with E-state index in [2.05, 4.69) is 5.32 Å². The Kier molecular flexibility index (Phi) is 6.99. The molecule has 0 saturated carbocycles. The molecule has 1 unspecified atom stereocenters. The Hall–Kier alpha value is -3.00. The topological polar surface area (TPSA) is 67.9 Å². The number of nitrogens with one attached hydrogen (secondary N) is 1. The lowest BCUT2D eigenvalue weighted by atomic mass is 9.94. The first-order chi connectivity index (χ1) is 14.4. The third-order valence-corrected chi connectivity index (χ3v) is 5.15. The van der Waals surface area contributed by atoms with Crippen molar-refractivity contribution in [3.63, 3.8) is 0 Å². The zero-order valence-electron chi connectivity index (χ0n) is 16.7. The van der Waals surface area contributed by atoms with Gasteiger partial charge < -0.3 is 19.7 Å². The standard InChI is InChI=1S/C22H24F2N2O4/c1-29-13-11-22(25-21(28)16-2-4-17(23)5-3-16)10-12-26(15-22)20(27)14-30-19-8-6-18(24)7-9-19/h2-9H,10-15H2,1H3,(H,25,28). The molecule has 1 atom stereocenters. The Labute approximate surface area is 173 Å². The van der Waals surface area contributed by atoms with Crippen LogP contribution in [0, 0.1) is 11.6 Å². The highest BCUT2D eigenvalue weighted by molar-refractivity contribution is 5.94. The molecule has 0 aromatic heterocycles. The van der Waals surface area contributed by atoms with Crippen molar-refractivity contribution in [1.82, 2.24) is 10.2 Å². The molecule has 0 bridgehead atoms. The second-order valence-corrected chi connectivity index (χ2v) is 7.29. The van der Waals surface area contributed by atoms with Gasteiger partial charge in [0.25, 0.3) is 11.8 Å². The number of amides is 2. The molecular formula is C22H24F2N2O4. The van der Waals surface area contributed by atoms with Crippen LogP contribution < -0.4 is 10.1 Å². The number of hydrogen-bond donors (Lipinski definition) is 1. The van der Waals surface area contributed by atoms with Crippen LogP contribution in [0.2, 0.25) is 0 Å². The quantitative estimate of drug-likeness (QED) is 0.716. The molecule has 1 N–H and O–H groups in total. The largest absolute Gasteiger partial charge is 0.484 e. The average molecular weight is 418 g/mol. The normalized spacial score (nSPS) is 18.3. The maximum absolute atomic E-state index is 13.1. The van der Waals surface area contributed by atoms with Crippen molar-refractivity contribution in [2.45, 2.75) is 18.4 Å². The Bertz CT molecular complexity index is 874. The molecule has 8 heteroatoms. The fraction of sp³-hybridized carbons (Fsp3) is 0.364. The van der Waals surface area contributed by atoms with E-state index in [1.807, 2.05) is 0 Å². The van der Waals surface area contributed by atoms with Crippen LogP contribution in [0.3, 0.4) is 0 Å². The van der Waals surface area contributed by atoms with Crippen molar-refractivity contribution in [1.29, 1.82) is 0 Å². The van der Waals surface area contributed by atoms with Crippen molar-refractivity contribution in [2.75, 3.05) is 33.4 Å². The summed E-state index contributed by atoms with van der Waals surface area (Å²) in [6, 6.07) is 10.7. The first-order valence-electron chi connectivity index (χ1n) is 9.64. The predicted octanol–water partition coefficient (Wildman–Crippen LogP) is 2.78. The molecule has 1 heterocycles. The minimum atomic E-state index is -0.646. The van der Waals surface area contributed by atoms with E-state index in [-0.39, 0.29) is 24.2 Å². The zero-order chi connectivity index (χ0) is 21.6. The monoisotopic (exact) mass is 418 g/mol. The highest BCUT2D eigenvalue weighted by Crippen LogP contribution is 2.26. The van der Waals surface area contributed by atoms with Gasteiger partial charge in [0.05, 0.1) is 5.54 Å². The van der Waals surface area contributed by atoms with Gasteiger partial charge in [0.2, 0.25) is 0 Å². The number of benzene rings is 2. The Morgan fingerprint density at radius 2 is 1.70 bits per heavy atom. The molecule has 3 rings (SSSR count). The SMILES string of the molecule is COCCC1(NC(=O)c2ccc(F)cc2)CCN(C(=O)COc2ccc(F)cc2)C1. The van der Waals surface area contributed by atoms with E-state index < -0.39 is 11.4 Å². The molecule has 0 radical (unpaired) electrons. The fourth-order valence-electron chi connectivity index (χ4n) is 3.43. The van der Waals surface area contributed by atoms with Crippen molar-refractivity contribution in [3.8, 4) is 5.75 Å². The van der Waals surface area contributed by atoms with E-state index in [1.54, 1.807) is 12.0 Å². The highest BCUT2D eigenvalue weighted by Gasteiger charge is 2.41. The van der Waals surface area contributed by atoms with Gasteiger partial charge in [-0.05, 0) is 61.4 Å². The number of nitrogens with zero attached hydrogens (tertiary/aromatic N) is 1. The summed E-state index contributed by atoms with van der Waals surface area (Å²) in [5, 5.41) is 3.01. The second kappa shape index (κ2) is 9.67. The van der Waals surface area contributed by atoms with E-state index in [9.17, 15) is 18.4 Å². The summed E-state index contributed by atoms with van der Waals surface area (Å²) in [4.78, 5) is 26.9. The van der Waals surface area contributed by atoms with Crippen LogP contribution in [-0.4, -0.2) is 55.7 Å². The maximum Gasteiger partial charge on any atom is 0.260 e. The first-order valence-corrected chi connectivity index (χ1v) is 9.64. The Morgan fingerprint density at radius 1 is 1.07 bits per heavy atom. The molecule has 160 valence electrons. The molecular weight excluding hydrogens is 394 g/mol. The van der Waals surface area contributed by atoms with Crippen LogP contribution in [0.5, 0.6) is 5.75 Å². The van der Waals surface area contributed by atoms with Crippen molar-refractivity contribution < 1.29 is 27.8 Å². The Balaban J connectivity index is 1.62. The number of carbonyl (C=O) groups is 2. The van der Waals surface area contributed by atoms with Gasteiger partial charge in [-0.15, -0.1) is 0 Å². The summed E-state index contributed by atoms with van der Waals surface area (Å²) in [5.41, 5.74) is -0.301. The van der Waals surface area contributed by atoms with Crippen LogP contribution >= 0.6 is 0 Å². The predicted molar refractivity (Wildman–Crippen MR) is 106 cm³/mol. The van der Waals surface area contributed by atoms with E-state index in [0.717, 1.165) is 0 Å². The van der Waals surface area contributed by atoms with Gasteiger partial charge in [-0.3, -0.25) is 9.59 Å². The summed E-state index contributed by atoms with van der Waals surface area (Å²) in [5.74, 6) is -0.954. The lowest BCUT2D eigenvalue weighted by Crippen LogP contribution is -2.52. The third kappa shape index (κ3) is 5.54. The molecule has 0 spiro atoms. The molecule has 1 aliphatic rings. The number of ether oxygens (including phenoxy) is 2. The third-order valence-electron chi connectivity index (χ3n) is 5.15. The van der Waals surface area contributed by atoms with E-state index in [1.165, 1.54) is 48.5 Å². The molecule has 2 aromatic carbocycles. The first kappa shape index (κ1) is 21.7. The summed E-state index contributed by atoms with van der Waals surface area (Å²) in [7, 11) is 1.57. The van der Waals surface area contributed by atoms with Crippen LogP contribution in [-0.2, 0) is 9.53 Å². The number of halogens is 2. The maximum atomic E-state index is 13.1. The molecule has 2 amide bonds. The molecule has 30 heavy (non-hydrogen) atoms. The Morgan fingerprint density at radius 3 is 2.33 bits per heavy atom. The van der Waals surface area contributed by atoms with Crippen molar-refractivity contribution in [3.05, 3.63) is 65.7 Å². The number of methoxy groups -OCH3 is 1. The average Bonchev–Trinajstić information content (AvgIpc) is 3.16. The van der Waals surface area contributed by atoms with Gasteiger partial charge >= 0.3 is 0 Å². The number of likely N-dealkylation sites (tertiary alicyclic amines) is 1. The second-order valence-electron chi connectivity index (χ2n) is 7.29.